The molecule has 0 aromatic carbocycles. The second-order valence-electron chi connectivity index (χ2n) is 24.1. The summed E-state index contributed by atoms with van der Waals surface area (Å²) in [7, 11) is 0. The van der Waals surface area contributed by atoms with Gasteiger partial charge in [0.05, 0.1) is 48.7 Å². The van der Waals surface area contributed by atoms with Crippen LogP contribution in [0.1, 0.15) is 176 Å². The maximum absolute atomic E-state index is 13.3. The number of alkyl halides is 1. The fraction of sp³-hybridized carbons (Fsp3) is 0.849. The first-order valence-electron chi connectivity index (χ1n) is 25.1. The molecule has 8 saturated carbocycles. The standard InChI is InChI=1S/C26H40N2O3.C22H35BrO2.C4H6N2O.CH4/c1-24(31)10-11-25(2)18(12-24)4-5-19-20-6-7-22(26(20,3)9-8-21(19)25)23(30)15-28-14-17(16-29)13-27-28;1-20(25)10-11-21(2)14(12-20)4-5-15-16-6-7-18(19(24)13-23)22(16,3)9-8-17(15)21;7-3-4-1-5-6-2-4;/h13-14,18-22,29,31H,4-12,15-16H2,1-3H3;14-18,25H,4-13H2,1-3H3;1-2,7H,3H2,(H,5,6);1H4/t18-,19-,20-,21-,22+,24+,25-,26-;14-,15-,16-,17-,18+,20+,21-,22-;;/m00../s1. The van der Waals surface area contributed by atoms with Crippen LogP contribution in [0.4, 0.5) is 0 Å². The average molecular weight is 954 g/mol. The minimum atomic E-state index is -0.479. The van der Waals surface area contributed by atoms with E-state index >= 15 is 0 Å². The number of ketones is 2. The summed E-state index contributed by atoms with van der Waals surface area (Å²) in [5.41, 5.74) is 1.81. The molecular weight excluding hydrogens is 869 g/mol. The Kier molecular flexibility index (Phi) is 14.7. The van der Waals surface area contributed by atoms with Gasteiger partial charge < -0.3 is 20.4 Å². The molecule has 8 aliphatic rings. The normalized spacial score (nSPS) is 45.2. The van der Waals surface area contributed by atoms with Crippen LogP contribution < -0.4 is 0 Å². The molecule has 5 N–H and O–H groups in total. The van der Waals surface area contributed by atoms with E-state index in [9.17, 15) is 24.9 Å². The molecule has 0 amide bonds. The number of aromatic nitrogens is 4. The predicted octanol–water partition coefficient (Wildman–Crippen LogP) is 10.3. The number of Topliss-reactive ketones (excluding diaryl/α,β-unsaturated/α-hetero) is 2. The first kappa shape index (κ1) is 50.0. The van der Waals surface area contributed by atoms with Crippen LogP contribution >= 0.6 is 15.9 Å². The fourth-order valence-electron chi connectivity index (χ4n) is 17.2. The molecule has 0 aliphatic heterocycles. The van der Waals surface area contributed by atoms with Gasteiger partial charge >= 0.3 is 0 Å². The van der Waals surface area contributed by atoms with Gasteiger partial charge in [-0.05, 0) is 198 Å². The van der Waals surface area contributed by atoms with Gasteiger partial charge in [-0.3, -0.25) is 19.4 Å². The molecule has 360 valence electrons. The Labute approximate surface area is 393 Å². The van der Waals surface area contributed by atoms with Crippen LogP contribution in [0, 0.1) is 80.8 Å². The molecule has 10 rings (SSSR count). The number of nitrogens with one attached hydrogen (secondary N) is 1. The maximum atomic E-state index is 13.3. The van der Waals surface area contributed by atoms with Crippen molar-refractivity contribution in [1.29, 1.82) is 0 Å². The Balaban J connectivity index is 0.000000166. The van der Waals surface area contributed by atoms with Crippen LogP contribution in [0.25, 0.3) is 0 Å². The lowest BCUT2D eigenvalue weighted by Gasteiger charge is -2.61. The highest BCUT2D eigenvalue weighted by molar-refractivity contribution is 9.09. The van der Waals surface area contributed by atoms with Crippen molar-refractivity contribution in [2.75, 3.05) is 5.33 Å². The van der Waals surface area contributed by atoms with Crippen molar-refractivity contribution in [2.45, 2.75) is 196 Å². The Hall–Kier alpha value is -1.92. The summed E-state index contributed by atoms with van der Waals surface area (Å²) < 4.78 is 1.70. The lowest BCUT2D eigenvalue weighted by atomic mass is 9.44. The average Bonchev–Trinajstić information content (AvgIpc) is 4.07. The van der Waals surface area contributed by atoms with Gasteiger partial charge in [-0.15, -0.1) is 0 Å². The SMILES string of the molecule is C.C[C@@]1(O)CC[C@@]2(C)[C@@H](CC[C@@H]3[C@@H]2CC[C@]2(C)[C@@H](C(=O)CBr)CC[C@@H]32)C1.C[C@@]1(O)CC[C@@]2(C)[C@@H](CC[C@@H]3[C@@H]2CC[C@]2(C)[C@@H](C(=O)Cn4cc(CO)cn4)CC[C@@H]32)C1.OCc1cn[nH]c1. The number of aromatic amines is 1. The summed E-state index contributed by atoms with van der Waals surface area (Å²) in [5, 5.41) is 49.9. The van der Waals surface area contributed by atoms with Gasteiger partial charge in [0.2, 0.25) is 0 Å². The Morgan fingerprint density at radius 3 is 1.55 bits per heavy atom. The van der Waals surface area contributed by atoms with Crippen LogP contribution in [0.15, 0.2) is 24.8 Å². The molecule has 0 radical (unpaired) electrons. The van der Waals surface area contributed by atoms with E-state index in [1.807, 2.05) is 13.8 Å². The largest absolute Gasteiger partial charge is 0.392 e. The molecule has 8 aliphatic carbocycles. The van der Waals surface area contributed by atoms with Gasteiger partial charge in [-0.25, -0.2) is 0 Å². The highest BCUT2D eigenvalue weighted by atomic mass is 79.9. The van der Waals surface area contributed by atoms with Crippen molar-refractivity contribution in [3.8, 4) is 0 Å². The lowest BCUT2D eigenvalue weighted by molar-refractivity contribution is -0.151. The molecule has 2 heterocycles. The summed E-state index contributed by atoms with van der Waals surface area (Å²) >= 11 is 3.43. The number of fused-ring (bicyclic) bond motifs is 10. The Bertz CT molecular complexity index is 1920. The zero-order chi connectivity index (χ0) is 45.2. The minimum absolute atomic E-state index is 0. The van der Waals surface area contributed by atoms with Gasteiger partial charge in [0, 0.05) is 35.4 Å². The van der Waals surface area contributed by atoms with Crippen molar-refractivity contribution in [1.82, 2.24) is 20.0 Å². The van der Waals surface area contributed by atoms with E-state index in [4.69, 9.17) is 5.11 Å². The van der Waals surface area contributed by atoms with Gasteiger partial charge in [0.25, 0.3) is 0 Å². The van der Waals surface area contributed by atoms with Crippen molar-refractivity contribution in [2.24, 2.45) is 80.8 Å². The van der Waals surface area contributed by atoms with E-state index in [-0.39, 0.29) is 43.3 Å². The first-order chi connectivity index (χ1) is 29.8. The number of H-pyrrole nitrogens is 1. The topological polar surface area (TPSA) is 162 Å². The minimum Gasteiger partial charge on any atom is -0.392 e. The number of aliphatic hydroxyl groups excluding tert-OH is 2. The maximum Gasteiger partial charge on any atom is 0.157 e. The van der Waals surface area contributed by atoms with Crippen LogP contribution in [0.3, 0.4) is 0 Å². The number of halogens is 1. The molecule has 0 bridgehead atoms. The number of hydrogen-bond donors (Lipinski definition) is 5. The van der Waals surface area contributed by atoms with Gasteiger partial charge in [-0.1, -0.05) is 51.1 Å². The number of carbonyl (C=O) groups is 2. The summed E-state index contributed by atoms with van der Waals surface area (Å²) in [6, 6.07) is 0. The van der Waals surface area contributed by atoms with E-state index < -0.39 is 11.2 Å². The second-order valence-corrected chi connectivity index (χ2v) is 24.7. The molecule has 16 atom stereocenters. The summed E-state index contributed by atoms with van der Waals surface area (Å²) in [5.74, 6) is 7.08. The Morgan fingerprint density at radius 2 is 1.12 bits per heavy atom. The summed E-state index contributed by atoms with van der Waals surface area (Å²) in [4.78, 5) is 25.9. The van der Waals surface area contributed by atoms with E-state index in [2.05, 4.69) is 58.9 Å². The van der Waals surface area contributed by atoms with Crippen molar-refractivity contribution in [3.05, 3.63) is 35.9 Å². The van der Waals surface area contributed by atoms with E-state index in [0.717, 1.165) is 92.1 Å². The molecule has 64 heavy (non-hydrogen) atoms. The van der Waals surface area contributed by atoms with E-state index in [0.29, 0.717) is 52.0 Å². The molecule has 0 spiro atoms. The van der Waals surface area contributed by atoms with E-state index in [1.165, 1.54) is 64.2 Å². The molecule has 2 aromatic rings. The number of carbonyl (C=O) groups excluding carboxylic acids is 2. The van der Waals surface area contributed by atoms with Gasteiger partial charge in [-0.2, -0.15) is 10.2 Å². The van der Waals surface area contributed by atoms with Gasteiger partial charge in [0.1, 0.15) is 5.78 Å². The van der Waals surface area contributed by atoms with Crippen molar-refractivity contribution >= 4 is 27.5 Å². The summed E-state index contributed by atoms with van der Waals surface area (Å²) in [6.45, 7) is 14.4. The van der Waals surface area contributed by atoms with Crippen molar-refractivity contribution < 1.29 is 30.0 Å². The number of aliphatic hydroxyl groups is 4. The third-order valence-electron chi connectivity index (χ3n) is 20.7. The zero-order valence-corrected chi connectivity index (χ0v) is 41.1. The fourth-order valence-corrected chi connectivity index (χ4v) is 17.6. The second kappa shape index (κ2) is 18.9. The zero-order valence-electron chi connectivity index (χ0n) is 39.5. The highest BCUT2D eigenvalue weighted by Crippen LogP contribution is 2.70. The number of hydrogen-bond acceptors (Lipinski definition) is 8. The Morgan fingerprint density at radius 1 is 0.641 bits per heavy atom. The number of rotatable bonds is 7. The van der Waals surface area contributed by atoms with Crippen LogP contribution in [0.5, 0.6) is 0 Å². The van der Waals surface area contributed by atoms with Crippen LogP contribution in [-0.2, 0) is 29.3 Å². The lowest BCUT2D eigenvalue weighted by Crippen LogP contribution is -2.55. The van der Waals surface area contributed by atoms with Crippen LogP contribution in [0.2, 0.25) is 0 Å². The molecule has 8 fully saturated rings. The third kappa shape index (κ3) is 9.07. The first-order valence-corrected chi connectivity index (χ1v) is 26.2. The molecular formula is C53H85BrN4O6. The summed E-state index contributed by atoms with van der Waals surface area (Å²) in [6.07, 6.45) is 27.6. The predicted molar refractivity (Wildman–Crippen MR) is 255 cm³/mol. The molecule has 10 nitrogen and oxygen atoms in total. The highest BCUT2D eigenvalue weighted by Gasteiger charge is 2.63. The quantitative estimate of drug-likeness (QED) is 0.171. The molecule has 0 unspecified atom stereocenters. The molecule has 0 saturated heterocycles. The van der Waals surface area contributed by atoms with Crippen molar-refractivity contribution in [3.63, 3.8) is 0 Å². The third-order valence-corrected chi connectivity index (χ3v) is 21.3. The molecule has 11 heteroatoms. The smallest absolute Gasteiger partial charge is 0.157 e. The van der Waals surface area contributed by atoms with E-state index in [1.54, 1.807) is 29.5 Å². The van der Waals surface area contributed by atoms with Crippen LogP contribution in [-0.4, -0.2) is 68.5 Å². The molecule has 2 aromatic heterocycles. The van der Waals surface area contributed by atoms with Gasteiger partial charge in [0.15, 0.2) is 5.78 Å². The monoisotopic (exact) mass is 953 g/mol. The number of nitrogens with zero attached hydrogens (tertiary/aromatic N) is 3.